The van der Waals surface area contributed by atoms with Gasteiger partial charge in [0.1, 0.15) is 0 Å². The molecular weight excluding hydrogens is 338 g/mol. The second kappa shape index (κ2) is 6.87. The molecule has 0 heterocycles. The summed E-state index contributed by atoms with van der Waals surface area (Å²) in [6.45, 7) is 3.32. The van der Waals surface area contributed by atoms with E-state index in [1.165, 1.54) is 12.1 Å². The Bertz CT molecular complexity index is 457. The molecule has 0 atom stereocenters. The van der Waals surface area contributed by atoms with E-state index >= 15 is 0 Å². The molecule has 0 saturated carbocycles. The first-order chi connectivity index (χ1) is 6.54. The number of halogens is 1. The third-order valence-electron chi connectivity index (χ3n) is 1.62. The van der Waals surface area contributed by atoms with Gasteiger partial charge in [0.05, 0.1) is 9.14 Å². The predicted molar refractivity (Wildman–Crippen MR) is 63.0 cm³/mol. The summed E-state index contributed by atoms with van der Waals surface area (Å²) in [6, 6.07) is 5.95. The second-order valence-electron chi connectivity index (χ2n) is 2.48. The van der Waals surface area contributed by atoms with Gasteiger partial charge in [-0.2, -0.15) is 0 Å². The molecule has 0 unspecified atom stereocenters. The van der Waals surface area contributed by atoms with Crippen LogP contribution >= 0.6 is 19.8 Å². The molecular formula is C9H7IKO4. The van der Waals surface area contributed by atoms with Crippen LogP contribution in [-0.2, 0) is 10.9 Å². The van der Waals surface area contributed by atoms with Crippen LogP contribution in [0.4, 0.5) is 0 Å². The summed E-state index contributed by atoms with van der Waals surface area (Å²) in [6.07, 6.45) is 0. The van der Waals surface area contributed by atoms with Gasteiger partial charge in [0.2, 0.25) is 0 Å². The van der Waals surface area contributed by atoms with Crippen molar-refractivity contribution < 1.29 is 16.0 Å². The average Bonchev–Trinajstić information content (AvgIpc) is 2.16. The van der Waals surface area contributed by atoms with E-state index < -0.39 is 25.8 Å². The Kier molecular flexibility index (Phi) is 7.05. The van der Waals surface area contributed by atoms with Crippen molar-refractivity contribution >= 4 is 82.7 Å². The minimum Gasteiger partial charge on any atom is -0.478 e. The first-order valence-electron chi connectivity index (χ1n) is 3.61. The van der Waals surface area contributed by atoms with Crippen molar-refractivity contribution in [3.63, 3.8) is 0 Å². The zero-order chi connectivity index (χ0) is 10.7. The third-order valence-corrected chi connectivity index (χ3v) is 3.51. The topological polar surface area (TPSA) is 71.4 Å². The van der Waals surface area contributed by atoms with Gasteiger partial charge in [0, 0.05) is 56.9 Å². The van der Waals surface area contributed by atoms with Crippen molar-refractivity contribution in [2.24, 2.45) is 0 Å². The van der Waals surface area contributed by atoms with E-state index in [0.717, 1.165) is 0 Å². The average molecular weight is 345 g/mol. The molecule has 6 heteroatoms. The van der Waals surface area contributed by atoms with Gasteiger partial charge >= 0.3 is 25.8 Å². The summed E-state index contributed by atoms with van der Waals surface area (Å²) >= 11 is -3.66. The largest absolute Gasteiger partial charge is 0.478 e. The van der Waals surface area contributed by atoms with Gasteiger partial charge in [-0.25, -0.2) is 10.9 Å². The Labute approximate surface area is 136 Å². The molecule has 1 rings (SSSR count). The first-order valence-corrected chi connectivity index (χ1v) is 6.45. The number of carbonyl (C=O) groups is 1. The molecule has 0 fully saturated rings. The van der Waals surface area contributed by atoms with Gasteiger partial charge in [-0.15, -0.1) is 0 Å². The number of carboxylic acids is 1. The quantitative estimate of drug-likeness (QED) is 0.515. The maximum absolute atomic E-state index is 10.8. The Morgan fingerprint density at radius 3 is 2.27 bits per heavy atom. The monoisotopic (exact) mass is 345 g/mol. The van der Waals surface area contributed by atoms with Gasteiger partial charge in [0.15, 0.2) is 0 Å². The van der Waals surface area contributed by atoms with Crippen LogP contribution in [0.15, 0.2) is 30.8 Å². The van der Waals surface area contributed by atoms with Crippen LogP contribution in [0, 0.1) is 3.57 Å². The van der Waals surface area contributed by atoms with Crippen molar-refractivity contribution in [3.05, 3.63) is 40.0 Å². The van der Waals surface area contributed by atoms with Gasteiger partial charge in [-0.3, -0.25) is 0 Å². The molecule has 0 bridgehead atoms. The van der Waals surface area contributed by atoms with E-state index in [0.29, 0.717) is 0 Å². The SMILES string of the molecule is C=C(C(=O)O)c1ccccc1I(=O)=O.[K]. The fraction of sp³-hybridized carbons (Fsp3) is 0. The molecule has 4 nitrogen and oxygen atoms in total. The van der Waals surface area contributed by atoms with Crippen molar-refractivity contribution in [2.45, 2.75) is 0 Å². The maximum atomic E-state index is 10.8. The van der Waals surface area contributed by atoms with Crippen LogP contribution < -0.4 is 0 Å². The molecule has 0 aliphatic rings. The van der Waals surface area contributed by atoms with E-state index in [9.17, 15) is 10.9 Å². The van der Waals surface area contributed by atoms with Crippen molar-refractivity contribution in [3.8, 4) is 0 Å². The Balaban J connectivity index is 0.00000196. The zero-order valence-electron chi connectivity index (χ0n) is 8.07. The number of carboxylic acid groups (broad SMARTS) is 1. The molecule has 0 aromatic heterocycles. The van der Waals surface area contributed by atoms with Crippen LogP contribution in [0.2, 0.25) is 0 Å². The molecule has 0 amide bonds. The van der Waals surface area contributed by atoms with E-state index in [1.54, 1.807) is 12.1 Å². The summed E-state index contributed by atoms with van der Waals surface area (Å²) in [5, 5.41) is 8.66. The molecule has 0 aliphatic carbocycles. The molecule has 1 radical (unpaired) electrons. The van der Waals surface area contributed by atoms with Crippen LogP contribution in [0.3, 0.4) is 0 Å². The van der Waals surface area contributed by atoms with Crippen molar-refractivity contribution in [1.29, 1.82) is 0 Å². The number of hydrogen-bond acceptors (Lipinski definition) is 3. The molecule has 1 aromatic rings. The zero-order valence-corrected chi connectivity index (χ0v) is 13.3. The van der Waals surface area contributed by atoms with Crippen molar-refractivity contribution in [1.82, 2.24) is 0 Å². The second-order valence-corrected chi connectivity index (χ2v) is 4.88. The minimum absolute atomic E-state index is 0. The summed E-state index contributed by atoms with van der Waals surface area (Å²) in [7, 11) is 0. The molecule has 15 heavy (non-hydrogen) atoms. The molecule has 0 saturated heterocycles. The summed E-state index contributed by atoms with van der Waals surface area (Å²) in [4.78, 5) is 10.6. The maximum Gasteiger partial charge on any atom is 0.341 e. The Morgan fingerprint density at radius 2 is 1.80 bits per heavy atom. The molecule has 0 aliphatic heterocycles. The number of benzene rings is 1. The Morgan fingerprint density at radius 1 is 1.27 bits per heavy atom. The summed E-state index contributed by atoms with van der Waals surface area (Å²) in [5.41, 5.74) is -0.0233. The van der Waals surface area contributed by atoms with Crippen LogP contribution in [0.5, 0.6) is 0 Å². The fourth-order valence-corrected chi connectivity index (χ4v) is 2.44. The summed E-state index contributed by atoms with van der Waals surface area (Å²) < 4.78 is 21.8. The smallest absolute Gasteiger partial charge is 0.341 e. The number of rotatable bonds is 3. The van der Waals surface area contributed by atoms with Gasteiger partial charge < -0.3 is 5.11 Å². The Hall–Kier alpha value is 0.396. The number of aliphatic carboxylic acids is 1. The van der Waals surface area contributed by atoms with E-state index in [2.05, 4.69) is 6.58 Å². The summed E-state index contributed by atoms with van der Waals surface area (Å²) in [5.74, 6) is -1.21. The minimum atomic E-state index is -3.66. The van der Waals surface area contributed by atoms with Crippen LogP contribution in [-0.4, -0.2) is 62.5 Å². The van der Waals surface area contributed by atoms with Gasteiger partial charge in [-0.1, -0.05) is 24.8 Å². The van der Waals surface area contributed by atoms with Gasteiger partial charge in [-0.05, 0) is 6.07 Å². The first kappa shape index (κ1) is 15.4. The van der Waals surface area contributed by atoms with Crippen molar-refractivity contribution in [2.75, 3.05) is 0 Å². The normalized spacial score (nSPS) is 9.40. The molecule has 75 valence electrons. The molecule has 1 N–H and O–H groups in total. The third kappa shape index (κ3) is 4.04. The van der Waals surface area contributed by atoms with E-state index in [1.807, 2.05) is 0 Å². The van der Waals surface area contributed by atoms with E-state index in [4.69, 9.17) is 5.11 Å². The predicted octanol–water partition coefficient (Wildman–Crippen LogP) is 1.77. The molecule has 1 aromatic carbocycles. The van der Waals surface area contributed by atoms with Crippen LogP contribution in [0.25, 0.3) is 5.57 Å². The standard InChI is InChI=1S/C9H7IO4.K/c1-6(9(11)12)7-4-2-3-5-8(7)10(13)14;/h2-5H,1H2,(H,11,12);. The molecule has 0 spiro atoms. The fourth-order valence-electron chi connectivity index (χ4n) is 0.956. The van der Waals surface area contributed by atoms with Crippen LogP contribution in [0.1, 0.15) is 5.56 Å². The van der Waals surface area contributed by atoms with Gasteiger partial charge in [0.25, 0.3) is 0 Å². The number of hydrogen-bond donors (Lipinski definition) is 1. The van der Waals surface area contributed by atoms with E-state index in [-0.39, 0.29) is 66.1 Å².